The van der Waals surface area contributed by atoms with Crippen molar-refractivity contribution in [2.24, 2.45) is 0 Å². The molecule has 0 spiro atoms. The molecule has 1 atom stereocenters. The number of nitro groups is 1. The van der Waals surface area contributed by atoms with Gasteiger partial charge in [0.1, 0.15) is 11.1 Å². The summed E-state index contributed by atoms with van der Waals surface area (Å²) in [7, 11) is -3.67. The fourth-order valence-electron chi connectivity index (χ4n) is 3.88. The zero-order valence-corrected chi connectivity index (χ0v) is 22.3. The fraction of sp³-hybridized carbons (Fsp3) is 0.292. The Labute approximate surface area is 219 Å². The first-order chi connectivity index (χ1) is 17.6. The van der Waals surface area contributed by atoms with E-state index in [1.807, 2.05) is 13.8 Å². The van der Waals surface area contributed by atoms with E-state index in [9.17, 15) is 19.5 Å². The highest BCUT2D eigenvalue weighted by Crippen LogP contribution is 2.51. The summed E-state index contributed by atoms with van der Waals surface area (Å²) in [5, 5.41) is 31.4. The Hall–Kier alpha value is -3.71. The molecule has 3 rings (SSSR count). The molecule has 1 heterocycles. The highest BCUT2D eigenvalue weighted by atomic mass is 35.5. The van der Waals surface area contributed by atoms with Gasteiger partial charge in [-0.15, -0.1) is 0 Å². The lowest BCUT2D eigenvalue weighted by Crippen LogP contribution is -2.33. The molecule has 0 fully saturated rings. The molecular formula is C24H27ClN7O4P. The Morgan fingerprint density at radius 2 is 1.81 bits per heavy atom. The van der Waals surface area contributed by atoms with Gasteiger partial charge in [0, 0.05) is 41.5 Å². The van der Waals surface area contributed by atoms with Gasteiger partial charge in [0.05, 0.1) is 29.7 Å². The molecule has 3 aromatic rings. The van der Waals surface area contributed by atoms with Gasteiger partial charge in [-0.25, -0.2) is 9.35 Å². The molecule has 0 radical (unpaired) electrons. The Morgan fingerprint density at radius 1 is 1.19 bits per heavy atom. The summed E-state index contributed by atoms with van der Waals surface area (Å²) in [6.07, 6.45) is 0.121. The molecule has 194 valence electrons. The first-order valence-corrected chi connectivity index (χ1v) is 13.6. The monoisotopic (exact) mass is 543 g/mol. The van der Waals surface area contributed by atoms with E-state index in [0.717, 1.165) is 0 Å². The molecule has 1 amide bonds. The summed E-state index contributed by atoms with van der Waals surface area (Å²) in [6.45, 7) is 6.37. The van der Waals surface area contributed by atoms with Gasteiger partial charge >= 0.3 is 0 Å². The van der Waals surface area contributed by atoms with Crippen molar-refractivity contribution in [3.8, 4) is 6.07 Å². The van der Waals surface area contributed by atoms with Crippen molar-refractivity contribution in [1.82, 2.24) is 14.5 Å². The van der Waals surface area contributed by atoms with Crippen molar-refractivity contribution >= 4 is 47.4 Å². The number of hydrogen-bond acceptors (Lipinski definition) is 6. The van der Waals surface area contributed by atoms with E-state index in [1.54, 1.807) is 35.9 Å². The van der Waals surface area contributed by atoms with Gasteiger partial charge in [-0.1, -0.05) is 25.4 Å². The van der Waals surface area contributed by atoms with E-state index >= 15 is 0 Å². The SMILES string of the molecule is CCN(CC)[P@](=O)(Nc1ccc([N+](=O)[O-])cc1)c1c(C)nn(CCC#N)c1NC(=O)c1ccc(Cl)cc1. The summed E-state index contributed by atoms with van der Waals surface area (Å²) in [5.41, 5.74) is 1.05. The molecule has 0 saturated heterocycles. The lowest BCUT2D eigenvalue weighted by molar-refractivity contribution is -0.384. The number of carbonyl (C=O) groups is 1. The Bertz CT molecular complexity index is 1360. The van der Waals surface area contributed by atoms with Crippen molar-refractivity contribution in [3.05, 3.63) is 74.9 Å². The third-order valence-corrected chi connectivity index (χ3v) is 8.98. The lowest BCUT2D eigenvalue weighted by atomic mass is 10.2. The Balaban J connectivity index is 2.15. The van der Waals surface area contributed by atoms with Crippen molar-refractivity contribution in [3.63, 3.8) is 0 Å². The van der Waals surface area contributed by atoms with Crippen LogP contribution < -0.4 is 15.7 Å². The highest BCUT2D eigenvalue weighted by molar-refractivity contribution is 7.71. The topological polar surface area (TPSA) is 146 Å². The summed E-state index contributed by atoms with van der Waals surface area (Å²) in [4.78, 5) is 23.7. The van der Waals surface area contributed by atoms with Crippen LogP contribution in [0, 0.1) is 28.4 Å². The number of amides is 1. The second kappa shape index (κ2) is 12.0. The predicted octanol–water partition coefficient (Wildman–Crippen LogP) is 5.19. The number of hydrogen-bond donors (Lipinski definition) is 2. The number of nitrogens with one attached hydrogen (secondary N) is 2. The second-order valence-electron chi connectivity index (χ2n) is 8.01. The molecule has 0 unspecified atom stereocenters. The first-order valence-electron chi connectivity index (χ1n) is 11.5. The van der Waals surface area contributed by atoms with Crippen LogP contribution in [0.5, 0.6) is 0 Å². The van der Waals surface area contributed by atoms with Gasteiger partial charge in [-0.2, -0.15) is 10.4 Å². The summed E-state index contributed by atoms with van der Waals surface area (Å²) in [5.74, 6) is -0.255. The van der Waals surface area contributed by atoms with Gasteiger partial charge in [0.2, 0.25) is 0 Å². The molecule has 2 aromatic carbocycles. The average Bonchev–Trinajstić information content (AvgIpc) is 3.19. The molecule has 0 saturated carbocycles. The van der Waals surface area contributed by atoms with Crippen LogP contribution in [0.4, 0.5) is 17.2 Å². The first kappa shape index (κ1) is 27.9. The lowest BCUT2D eigenvalue weighted by Gasteiger charge is -2.31. The summed E-state index contributed by atoms with van der Waals surface area (Å²) >= 11 is 5.95. The third-order valence-electron chi connectivity index (χ3n) is 5.66. The number of aryl methyl sites for hydroxylation is 2. The maximum Gasteiger partial charge on any atom is 0.272 e. The maximum absolute atomic E-state index is 14.9. The van der Waals surface area contributed by atoms with E-state index in [2.05, 4.69) is 21.6 Å². The predicted molar refractivity (Wildman–Crippen MR) is 143 cm³/mol. The summed E-state index contributed by atoms with van der Waals surface area (Å²) < 4.78 is 18.0. The molecule has 1 aromatic heterocycles. The van der Waals surface area contributed by atoms with E-state index < -0.39 is 18.3 Å². The van der Waals surface area contributed by atoms with E-state index in [4.69, 9.17) is 16.9 Å². The molecule has 13 heteroatoms. The fourth-order valence-corrected chi connectivity index (χ4v) is 6.78. The summed E-state index contributed by atoms with van der Waals surface area (Å²) in [6, 6.07) is 14.0. The minimum absolute atomic E-state index is 0.0976. The number of aromatic nitrogens is 2. The van der Waals surface area contributed by atoms with Crippen LogP contribution in [0.3, 0.4) is 0 Å². The van der Waals surface area contributed by atoms with Crippen LogP contribution in [-0.2, 0) is 11.1 Å². The second-order valence-corrected chi connectivity index (χ2v) is 10.8. The highest BCUT2D eigenvalue weighted by Gasteiger charge is 2.38. The molecule has 0 aliphatic heterocycles. The van der Waals surface area contributed by atoms with E-state index in [0.29, 0.717) is 35.1 Å². The molecule has 0 aliphatic rings. The quantitative estimate of drug-likeness (QED) is 0.191. The maximum atomic E-state index is 14.9. The molecule has 37 heavy (non-hydrogen) atoms. The van der Waals surface area contributed by atoms with Gasteiger partial charge in [-0.05, 0) is 43.3 Å². The van der Waals surface area contributed by atoms with Crippen LogP contribution in [0.15, 0.2) is 48.5 Å². The number of nitrogens with zero attached hydrogens (tertiary/aromatic N) is 5. The van der Waals surface area contributed by atoms with Crippen molar-refractivity contribution in [2.45, 2.75) is 33.7 Å². The number of carbonyl (C=O) groups excluding carboxylic acids is 1. The molecular weight excluding hydrogens is 517 g/mol. The van der Waals surface area contributed by atoms with Crippen molar-refractivity contribution in [2.75, 3.05) is 23.5 Å². The van der Waals surface area contributed by atoms with E-state index in [-0.39, 0.29) is 29.8 Å². The van der Waals surface area contributed by atoms with Gasteiger partial charge in [0.15, 0.2) is 0 Å². The standard InChI is InChI=1S/C24H27ClN7O4P/c1-4-30(5-2)37(36,29-20-11-13-21(14-12-20)32(34)35)22-17(3)28-31(16-6-15-26)23(22)27-24(33)18-7-9-19(25)10-8-18/h7-14H,4-6,16H2,1-3H3,(H,27,33)(H,29,36)/t37-/m1/s1. The normalized spacial score (nSPS) is 12.5. The number of rotatable bonds is 11. The van der Waals surface area contributed by atoms with Crippen LogP contribution in [0.2, 0.25) is 5.02 Å². The number of halogens is 1. The number of nitriles is 1. The van der Waals surface area contributed by atoms with Crippen LogP contribution in [0.1, 0.15) is 36.3 Å². The molecule has 0 aliphatic carbocycles. The minimum Gasteiger partial charge on any atom is -0.321 e. The zero-order valence-electron chi connectivity index (χ0n) is 20.6. The average molecular weight is 544 g/mol. The Morgan fingerprint density at radius 3 is 2.35 bits per heavy atom. The molecule has 0 bridgehead atoms. The smallest absolute Gasteiger partial charge is 0.272 e. The van der Waals surface area contributed by atoms with Crippen LogP contribution in [0.25, 0.3) is 0 Å². The Kier molecular flexibility index (Phi) is 9.05. The van der Waals surface area contributed by atoms with Crippen molar-refractivity contribution in [1.29, 1.82) is 5.26 Å². The molecule has 2 N–H and O–H groups in total. The minimum atomic E-state index is -3.67. The third kappa shape index (κ3) is 6.17. The number of benzene rings is 2. The van der Waals surface area contributed by atoms with Crippen LogP contribution >= 0.6 is 19.0 Å². The van der Waals surface area contributed by atoms with Gasteiger partial charge < -0.3 is 10.4 Å². The zero-order chi connectivity index (χ0) is 27.2. The largest absolute Gasteiger partial charge is 0.321 e. The van der Waals surface area contributed by atoms with Gasteiger partial charge in [-0.3, -0.25) is 19.5 Å². The van der Waals surface area contributed by atoms with Crippen molar-refractivity contribution < 1.29 is 14.3 Å². The van der Waals surface area contributed by atoms with Gasteiger partial charge in [0.25, 0.3) is 19.0 Å². The number of anilines is 2. The van der Waals surface area contributed by atoms with E-state index in [1.165, 1.54) is 28.9 Å². The molecule has 11 nitrogen and oxygen atoms in total. The number of non-ortho nitro benzene ring substituents is 1. The number of nitro benzene ring substituents is 1. The van der Waals surface area contributed by atoms with Crippen LogP contribution in [-0.4, -0.2) is 38.4 Å².